The van der Waals surface area contributed by atoms with E-state index in [4.69, 9.17) is 5.14 Å². The van der Waals surface area contributed by atoms with Gasteiger partial charge in [0.2, 0.25) is 21.8 Å². The Morgan fingerprint density at radius 2 is 1.20 bits per heavy atom. The summed E-state index contributed by atoms with van der Waals surface area (Å²) in [6.07, 6.45) is 4.96. The van der Waals surface area contributed by atoms with Gasteiger partial charge in [0.1, 0.15) is 0 Å². The van der Waals surface area contributed by atoms with Crippen molar-refractivity contribution in [2.75, 3.05) is 57.7 Å². The number of pyridine rings is 2. The van der Waals surface area contributed by atoms with Gasteiger partial charge in [-0.1, -0.05) is 12.1 Å². The van der Waals surface area contributed by atoms with Crippen LogP contribution in [0.3, 0.4) is 0 Å². The number of nitrogens with two attached hydrogens (primary N) is 1. The van der Waals surface area contributed by atoms with Crippen molar-refractivity contribution in [3.05, 3.63) is 84.4 Å². The summed E-state index contributed by atoms with van der Waals surface area (Å²) in [5.41, 5.74) is 2.14. The molecule has 3 aromatic rings. The molecule has 0 bridgehead atoms. The Hall–Kier alpha value is -4.15. The first-order valence-electron chi connectivity index (χ1n) is 15.5. The molecule has 0 spiro atoms. The molecule has 0 saturated carbocycles. The number of hydrogen-bond donors (Lipinski definition) is 5. The molecule has 16 nitrogen and oxygen atoms in total. The molecule has 2 heterocycles. The van der Waals surface area contributed by atoms with Gasteiger partial charge in [0.25, 0.3) is 0 Å². The number of hydrogen-bond acceptors (Lipinski definition) is 11. The predicted octanol–water partition coefficient (Wildman–Crippen LogP) is 0.432. The van der Waals surface area contributed by atoms with Crippen LogP contribution in [0.5, 0.6) is 0 Å². The summed E-state index contributed by atoms with van der Waals surface area (Å²) in [6, 6.07) is 16.6. The number of unbranched alkanes of at least 4 members (excludes halogenated alkanes) is 1. The van der Waals surface area contributed by atoms with E-state index in [9.17, 15) is 37.8 Å². The number of carbonyl (C=O) groups excluding carboxylic acids is 2. The SMILES string of the molecule is NS(=O)(=O)c1ccc(NC(=O)CN(CCN(CC(=O)O)CC(=O)NCCCCN(Cc2ccccn2)Cc2ccccn2)CC(=O)O)cc1.[Re]. The van der Waals surface area contributed by atoms with E-state index in [1.165, 1.54) is 34.1 Å². The van der Waals surface area contributed by atoms with Crippen molar-refractivity contribution >= 4 is 39.5 Å². The molecular weight excluding hydrogens is 843 g/mol. The maximum atomic E-state index is 12.7. The molecule has 0 aliphatic rings. The molecule has 18 heteroatoms. The number of carboxylic acid groups (broad SMARTS) is 2. The van der Waals surface area contributed by atoms with Crippen LogP contribution in [-0.2, 0) is 62.7 Å². The van der Waals surface area contributed by atoms with Gasteiger partial charge >= 0.3 is 11.9 Å². The van der Waals surface area contributed by atoms with Crippen LogP contribution in [-0.4, -0.2) is 119 Å². The zero-order valence-corrected chi connectivity index (χ0v) is 30.9. The van der Waals surface area contributed by atoms with E-state index in [2.05, 4.69) is 25.5 Å². The second-order valence-electron chi connectivity index (χ2n) is 11.2. The molecule has 0 saturated heterocycles. The third kappa shape index (κ3) is 17.0. The Balaban J connectivity index is 0.00000867. The molecule has 6 N–H and O–H groups in total. The van der Waals surface area contributed by atoms with Gasteiger partial charge in [-0.25, -0.2) is 13.6 Å². The zero-order chi connectivity index (χ0) is 35.6. The molecule has 0 unspecified atom stereocenters. The van der Waals surface area contributed by atoms with Crippen LogP contribution in [0.2, 0.25) is 0 Å². The molecule has 0 atom stereocenters. The first-order valence-corrected chi connectivity index (χ1v) is 17.0. The quantitative estimate of drug-likeness (QED) is 0.0865. The van der Waals surface area contributed by atoms with E-state index in [0.717, 1.165) is 24.4 Å². The number of benzene rings is 1. The Bertz CT molecular complexity index is 1580. The minimum absolute atomic E-state index is 0. The van der Waals surface area contributed by atoms with Crippen LogP contribution in [0.25, 0.3) is 0 Å². The van der Waals surface area contributed by atoms with E-state index in [1.807, 2.05) is 36.4 Å². The Kier molecular flexibility index (Phi) is 18.3. The molecule has 0 aliphatic heterocycles. The fourth-order valence-corrected chi connectivity index (χ4v) is 5.34. The summed E-state index contributed by atoms with van der Waals surface area (Å²) in [5, 5.41) is 29.2. The van der Waals surface area contributed by atoms with Crippen molar-refractivity contribution in [2.24, 2.45) is 5.14 Å². The summed E-state index contributed by atoms with van der Waals surface area (Å²) in [4.78, 5) is 61.9. The summed E-state index contributed by atoms with van der Waals surface area (Å²) < 4.78 is 22.9. The van der Waals surface area contributed by atoms with Crippen LogP contribution in [0.1, 0.15) is 24.2 Å². The fourth-order valence-electron chi connectivity index (χ4n) is 4.83. The van der Waals surface area contributed by atoms with E-state index >= 15 is 0 Å². The van der Waals surface area contributed by atoms with E-state index in [-0.39, 0.29) is 63.1 Å². The number of aliphatic carboxylic acids is 2. The zero-order valence-electron chi connectivity index (χ0n) is 27.4. The molecule has 271 valence electrons. The molecule has 2 amide bonds. The van der Waals surface area contributed by atoms with Crippen molar-refractivity contribution in [1.82, 2.24) is 30.0 Å². The number of nitrogens with one attached hydrogen (secondary N) is 2. The average Bonchev–Trinajstić information content (AvgIpc) is 3.03. The smallest absolute Gasteiger partial charge is 0.317 e. The number of carbonyl (C=O) groups is 4. The molecule has 2 aromatic heterocycles. The predicted molar refractivity (Wildman–Crippen MR) is 179 cm³/mol. The van der Waals surface area contributed by atoms with Gasteiger partial charge in [-0.3, -0.25) is 43.8 Å². The molecule has 0 fully saturated rings. The van der Waals surface area contributed by atoms with E-state index < -0.39 is 41.0 Å². The van der Waals surface area contributed by atoms with Gasteiger partial charge < -0.3 is 20.8 Å². The third-order valence-corrected chi connectivity index (χ3v) is 8.03. The Morgan fingerprint density at radius 1 is 0.680 bits per heavy atom. The van der Waals surface area contributed by atoms with Crippen LogP contribution in [0, 0.1) is 0 Å². The van der Waals surface area contributed by atoms with E-state index in [1.54, 1.807) is 12.4 Å². The Morgan fingerprint density at radius 3 is 1.66 bits per heavy atom. The summed E-state index contributed by atoms with van der Waals surface area (Å²) in [7, 11) is -3.91. The molecule has 1 radical (unpaired) electrons. The van der Waals surface area contributed by atoms with Gasteiger partial charge in [-0.2, -0.15) is 0 Å². The number of sulfonamides is 1. The number of nitrogens with zero attached hydrogens (tertiary/aromatic N) is 5. The topological polar surface area (TPSA) is 228 Å². The number of anilines is 1. The molecular formula is C32H42N8O8ReS. The minimum atomic E-state index is -3.91. The van der Waals surface area contributed by atoms with Crippen molar-refractivity contribution < 1.29 is 58.2 Å². The van der Waals surface area contributed by atoms with Crippen molar-refractivity contribution in [3.63, 3.8) is 0 Å². The first-order chi connectivity index (χ1) is 23.4. The van der Waals surface area contributed by atoms with Crippen LogP contribution >= 0.6 is 0 Å². The maximum Gasteiger partial charge on any atom is 0.317 e. The summed E-state index contributed by atoms with van der Waals surface area (Å²) >= 11 is 0. The van der Waals surface area contributed by atoms with Crippen molar-refractivity contribution in [2.45, 2.75) is 30.8 Å². The Labute approximate surface area is 304 Å². The van der Waals surface area contributed by atoms with Gasteiger partial charge in [0.15, 0.2) is 0 Å². The number of rotatable bonds is 22. The average molecular weight is 885 g/mol. The minimum Gasteiger partial charge on any atom is -0.480 e. The van der Waals surface area contributed by atoms with Crippen molar-refractivity contribution in [1.29, 1.82) is 0 Å². The fraction of sp³-hybridized carbons (Fsp3) is 0.375. The van der Waals surface area contributed by atoms with E-state index in [0.29, 0.717) is 26.1 Å². The first kappa shape index (κ1) is 42.0. The van der Waals surface area contributed by atoms with Crippen LogP contribution in [0.4, 0.5) is 5.69 Å². The third-order valence-electron chi connectivity index (χ3n) is 7.10. The number of amides is 2. The number of aromatic nitrogens is 2. The van der Waals surface area contributed by atoms with Crippen LogP contribution in [0.15, 0.2) is 78.0 Å². The molecule has 0 aliphatic carbocycles. The summed E-state index contributed by atoms with van der Waals surface area (Å²) in [5.74, 6) is -3.33. The molecule has 3 rings (SSSR count). The van der Waals surface area contributed by atoms with Crippen LogP contribution < -0.4 is 15.8 Å². The number of carboxylic acids is 2. The van der Waals surface area contributed by atoms with Gasteiger partial charge in [0, 0.05) is 71.2 Å². The second kappa shape index (κ2) is 21.8. The van der Waals surface area contributed by atoms with Crippen molar-refractivity contribution in [3.8, 4) is 0 Å². The van der Waals surface area contributed by atoms with Gasteiger partial charge in [-0.15, -0.1) is 0 Å². The summed E-state index contributed by atoms with van der Waals surface area (Å²) in [6.45, 7) is 0.815. The largest absolute Gasteiger partial charge is 0.480 e. The monoisotopic (exact) mass is 885 g/mol. The molecule has 1 aromatic carbocycles. The second-order valence-corrected chi connectivity index (χ2v) is 12.8. The maximum absolute atomic E-state index is 12.7. The number of primary sulfonamides is 1. The van der Waals surface area contributed by atoms with Gasteiger partial charge in [0.05, 0.1) is 42.5 Å². The standard InChI is InChI=1S/C32H42N8O8S.Re/c33-49(47,48)28-11-9-25(10-12-28)37-30(42)22-40(24-32(45)46)18-17-39(23-31(43)44)21-29(41)36-15-5-6-16-38(19-26-7-1-3-13-34-26)20-27-8-2-4-14-35-27;/h1-4,7-14H,5-6,15-24H2,(H,36,41)(H,37,42)(H,43,44)(H,45,46)(H2,33,47,48);. The van der Waals surface area contributed by atoms with Gasteiger partial charge in [-0.05, 0) is 67.9 Å². The molecule has 50 heavy (non-hydrogen) atoms. The normalized spacial score (nSPS) is 11.3.